The molecule has 3 heteroatoms. The molecule has 0 aromatic carbocycles. The Morgan fingerprint density at radius 2 is 0.864 bits per heavy atom. The molecule has 3 nitrogen and oxygen atoms in total. The van der Waals surface area contributed by atoms with Crippen LogP contribution in [0.5, 0.6) is 0 Å². The van der Waals surface area contributed by atoms with Crippen LogP contribution in [0.15, 0.2) is 0 Å². The fraction of sp³-hybridized carbons (Fsp3) is 1.00. The topological polar surface area (TPSA) is 32.7 Å². The molecule has 0 heterocycles. The van der Waals surface area contributed by atoms with E-state index in [2.05, 4.69) is 53.5 Å². The first-order valence-electron chi connectivity index (χ1n) is 8.34. The fourth-order valence-electron chi connectivity index (χ4n) is 0.428. The van der Waals surface area contributed by atoms with Crippen molar-refractivity contribution < 1.29 is 9.84 Å². The van der Waals surface area contributed by atoms with Crippen LogP contribution in [0.25, 0.3) is 0 Å². The molecule has 0 unspecified atom stereocenters. The molecule has 0 bridgehead atoms. The number of hydrogen-bond donors (Lipinski definition) is 1. The minimum absolute atomic E-state index is 0. The lowest BCUT2D eigenvalue weighted by atomic mass is 10.6. The molecule has 0 aliphatic heterocycles. The first-order valence-corrected chi connectivity index (χ1v) is 8.34. The van der Waals surface area contributed by atoms with Crippen molar-refractivity contribution in [2.75, 3.05) is 40.0 Å². The average Bonchev–Trinajstić information content (AvgIpc) is 2.42. The molecule has 0 aromatic heterocycles. The van der Waals surface area contributed by atoms with Crippen molar-refractivity contribution in [3.8, 4) is 0 Å². The summed E-state index contributed by atoms with van der Waals surface area (Å²) < 4.78 is 4.83. The lowest BCUT2D eigenvalue weighted by molar-refractivity contribution is 0.162. The van der Waals surface area contributed by atoms with Gasteiger partial charge in [0.05, 0.1) is 0 Å². The van der Waals surface area contributed by atoms with Gasteiger partial charge >= 0.3 is 0 Å². The summed E-state index contributed by atoms with van der Waals surface area (Å²) in [5.74, 6) is 0. The summed E-state index contributed by atoms with van der Waals surface area (Å²) in [5.41, 5.74) is 0. The van der Waals surface area contributed by atoms with E-state index < -0.39 is 0 Å². The molecule has 0 rings (SSSR count). The van der Waals surface area contributed by atoms with Gasteiger partial charge in [-0.25, -0.2) is 0 Å². The molecule has 0 saturated carbocycles. The summed E-state index contributed by atoms with van der Waals surface area (Å²) in [7, 11) is 2.11. The number of rotatable bonds is 4. The lowest BCUT2D eigenvalue weighted by Gasteiger charge is -2.07. The normalized spacial score (nSPS) is 7.09. The lowest BCUT2D eigenvalue weighted by Crippen LogP contribution is -2.15. The van der Waals surface area contributed by atoms with Crippen molar-refractivity contribution in [3.63, 3.8) is 0 Å². The predicted octanol–water partition coefficient (Wildman–Crippen LogP) is 6.10. The highest BCUT2D eigenvalue weighted by atomic mass is 16.5. The zero-order chi connectivity index (χ0) is 17.2. The van der Waals surface area contributed by atoms with Crippen molar-refractivity contribution in [2.45, 2.75) is 90.0 Å². The summed E-state index contributed by atoms with van der Waals surface area (Å²) in [6.45, 7) is 22.7. The first kappa shape index (κ1) is 43.1. The van der Waals surface area contributed by atoms with Crippen LogP contribution in [0.1, 0.15) is 90.0 Å². The van der Waals surface area contributed by atoms with Crippen LogP contribution in [0.3, 0.4) is 0 Å². The largest absolute Gasteiger partial charge is 0.397 e. The molecular weight excluding hydrogens is 274 g/mol. The Kier molecular flexibility index (Phi) is 137. The summed E-state index contributed by atoms with van der Waals surface area (Å²) in [4.78, 5) is 2.25. The second-order valence-electron chi connectivity index (χ2n) is 4.00. The van der Waals surface area contributed by atoms with Crippen molar-refractivity contribution in [1.29, 1.82) is 0 Å². The Morgan fingerprint density at radius 3 is 0.864 bits per heavy atom. The molecule has 0 atom stereocenters. The molecule has 0 aromatic rings. The van der Waals surface area contributed by atoms with Crippen LogP contribution in [-0.4, -0.2) is 50.0 Å². The van der Waals surface area contributed by atoms with Gasteiger partial charge in [0.25, 0.3) is 0 Å². The van der Waals surface area contributed by atoms with Gasteiger partial charge in [0, 0.05) is 19.8 Å². The average molecular weight is 328 g/mol. The number of ether oxygens (including phenoxy) is 1. The van der Waals surface area contributed by atoms with Crippen LogP contribution in [0.2, 0.25) is 0 Å². The molecule has 0 fully saturated rings. The molecule has 0 aliphatic rings. The van der Waals surface area contributed by atoms with Gasteiger partial charge in [0.1, 0.15) is 0 Å². The van der Waals surface area contributed by atoms with E-state index in [1.165, 1.54) is 12.8 Å². The fourth-order valence-corrected chi connectivity index (χ4v) is 0.428. The summed E-state index contributed by atoms with van der Waals surface area (Å²) >= 11 is 0. The highest BCUT2D eigenvalue weighted by Crippen LogP contribution is 1.73. The molecule has 0 spiro atoms. The number of hydrogen-bond acceptors (Lipinski definition) is 3. The van der Waals surface area contributed by atoms with Crippen LogP contribution < -0.4 is 0 Å². The van der Waals surface area contributed by atoms with E-state index in [-0.39, 0.29) is 21.5 Å². The Morgan fingerprint density at radius 1 is 0.682 bits per heavy atom. The standard InChI is InChI=1S/C5H13N.C4H10O.2C3H8.C2H6O.2CH4/c1-4-6(3)5-2;1-3-5-4-2;2*1-3-2;1-2-3;;/h4-5H2,1-3H3;3-4H2,1-2H3;2*3H2,1-2H3;3H,2H2,1H3;2*1H4. The van der Waals surface area contributed by atoms with Gasteiger partial charge < -0.3 is 14.7 Å². The SMILES string of the molecule is C.C.CCC.CCC.CCN(C)CC.CCO.CCOCC. The number of aliphatic hydroxyl groups excluding tert-OH is 1. The molecule has 1 N–H and O–H groups in total. The Bertz CT molecular complexity index is 80.7. The van der Waals surface area contributed by atoms with Crippen LogP contribution >= 0.6 is 0 Å². The van der Waals surface area contributed by atoms with E-state index in [1.54, 1.807) is 6.92 Å². The van der Waals surface area contributed by atoms with Crippen LogP contribution in [0.4, 0.5) is 0 Å². The van der Waals surface area contributed by atoms with Gasteiger partial charge in [0.2, 0.25) is 0 Å². The van der Waals surface area contributed by atoms with Crippen molar-refractivity contribution in [1.82, 2.24) is 4.90 Å². The Hall–Kier alpha value is -0.120. The Labute approximate surface area is 145 Å². The van der Waals surface area contributed by atoms with Crippen molar-refractivity contribution in [3.05, 3.63) is 0 Å². The minimum atomic E-state index is 0. The van der Waals surface area contributed by atoms with Gasteiger partial charge in [-0.2, -0.15) is 0 Å². The zero-order valence-corrected chi connectivity index (χ0v) is 16.3. The third kappa shape index (κ3) is 205. The molecule has 0 aliphatic carbocycles. The smallest absolute Gasteiger partial charge is 0.0437 e. The quantitative estimate of drug-likeness (QED) is 0.676. The van der Waals surface area contributed by atoms with E-state index in [0.29, 0.717) is 0 Å². The molecule has 0 radical (unpaired) electrons. The molecule has 0 saturated heterocycles. The van der Waals surface area contributed by atoms with Gasteiger partial charge in [-0.1, -0.05) is 69.2 Å². The highest BCUT2D eigenvalue weighted by molar-refractivity contribution is 4.36. The van der Waals surface area contributed by atoms with Crippen LogP contribution in [0, 0.1) is 0 Å². The van der Waals surface area contributed by atoms with E-state index in [4.69, 9.17) is 9.84 Å². The van der Waals surface area contributed by atoms with Gasteiger partial charge in [-0.05, 0) is 40.9 Å². The third-order valence-corrected chi connectivity index (χ3v) is 1.49. The maximum Gasteiger partial charge on any atom is 0.0437 e. The molecule has 22 heavy (non-hydrogen) atoms. The predicted molar refractivity (Wildman–Crippen MR) is 109 cm³/mol. The van der Waals surface area contributed by atoms with E-state index in [0.717, 1.165) is 26.3 Å². The third-order valence-electron chi connectivity index (χ3n) is 1.49. The summed E-state index contributed by atoms with van der Waals surface area (Å²) in [6, 6.07) is 0. The second-order valence-corrected chi connectivity index (χ2v) is 4.00. The maximum absolute atomic E-state index is 7.57. The van der Waals surface area contributed by atoms with Crippen molar-refractivity contribution in [2.24, 2.45) is 0 Å². The van der Waals surface area contributed by atoms with Gasteiger partial charge in [0.15, 0.2) is 0 Å². The highest BCUT2D eigenvalue weighted by Gasteiger charge is 1.81. The van der Waals surface area contributed by atoms with Crippen LogP contribution in [-0.2, 0) is 4.74 Å². The Balaban J connectivity index is -0.0000000259. The zero-order valence-electron chi connectivity index (χ0n) is 16.3. The minimum Gasteiger partial charge on any atom is -0.397 e. The molecule has 146 valence electrons. The first-order chi connectivity index (χ1) is 9.46. The monoisotopic (exact) mass is 327 g/mol. The van der Waals surface area contributed by atoms with Gasteiger partial charge in [-0.15, -0.1) is 0 Å². The van der Waals surface area contributed by atoms with E-state index in [1.807, 2.05) is 13.8 Å². The number of nitrogens with zero attached hydrogens (tertiary/aromatic N) is 1. The maximum atomic E-state index is 7.57. The molecular formula is C19H53NO2. The number of aliphatic hydroxyl groups is 1. The van der Waals surface area contributed by atoms with Crippen molar-refractivity contribution >= 4 is 0 Å². The summed E-state index contributed by atoms with van der Waals surface area (Å²) in [6.07, 6.45) is 2.50. The van der Waals surface area contributed by atoms with E-state index >= 15 is 0 Å². The molecule has 0 amide bonds. The second kappa shape index (κ2) is 69.7. The summed E-state index contributed by atoms with van der Waals surface area (Å²) in [5, 5.41) is 7.57. The van der Waals surface area contributed by atoms with Gasteiger partial charge in [-0.3, -0.25) is 0 Å². The van der Waals surface area contributed by atoms with E-state index in [9.17, 15) is 0 Å².